The van der Waals surface area contributed by atoms with Gasteiger partial charge in [-0.25, -0.2) is 4.98 Å². The van der Waals surface area contributed by atoms with Crippen molar-refractivity contribution >= 4 is 17.4 Å². The van der Waals surface area contributed by atoms with Crippen molar-refractivity contribution in [2.75, 3.05) is 30.9 Å². The zero-order valence-corrected chi connectivity index (χ0v) is 15.4. The number of aromatic nitrogens is 2. The maximum Gasteiger partial charge on any atom is 0.257 e. The highest BCUT2D eigenvalue weighted by Crippen LogP contribution is 2.23. The van der Waals surface area contributed by atoms with E-state index in [4.69, 9.17) is 4.74 Å². The minimum absolute atomic E-state index is 0.224. The molecule has 0 aliphatic rings. The second-order valence-corrected chi connectivity index (χ2v) is 6.09. The van der Waals surface area contributed by atoms with Gasteiger partial charge in [0.2, 0.25) is 0 Å². The molecule has 6 nitrogen and oxygen atoms in total. The monoisotopic (exact) mass is 362 g/mol. The van der Waals surface area contributed by atoms with Crippen molar-refractivity contribution in [3.63, 3.8) is 0 Å². The Morgan fingerprint density at radius 3 is 2.59 bits per heavy atom. The number of methoxy groups -OCH3 is 1. The maximum atomic E-state index is 12.4. The van der Waals surface area contributed by atoms with Crippen LogP contribution in [0.4, 0.5) is 11.5 Å². The third-order valence-corrected chi connectivity index (χ3v) is 4.24. The fraction of sp³-hybridized carbons (Fsp3) is 0.190. The summed E-state index contributed by atoms with van der Waals surface area (Å²) in [4.78, 5) is 22.9. The fourth-order valence-corrected chi connectivity index (χ4v) is 2.65. The third kappa shape index (κ3) is 4.82. The summed E-state index contributed by atoms with van der Waals surface area (Å²) < 4.78 is 5.26. The highest BCUT2D eigenvalue weighted by molar-refractivity contribution is 6.04. The topological polar surface area (TPSA) is 67.3 Å². The first-order valence-electron chi connectivity index (χ1n) is 8.68. The van der Waals surface area contributed by atoms with E-state index in [2.05, 4.69) is 20.2 Å². The average Bonchev–Trinajstić information content (AvgIpc) is 2.73. The van der Waals surface area contributed by atoms with Crippen LogP contribution in [0.25, 0.3) is 0 Å². The van der Waals surface area contributed by atoms with Gasteiger partial charge in [0.1, 0.15) is 11.6 Å². The molecule has 1 amide bonds. The van der Waals surface area contributed by atoms with Crippen LogP contribution in [0.5, 0.6) is 5.75 Å². The lowest BCUT2D eigenvalue weighted by Gasteiger charge is -2.18. The van der Waals surface area contributed by atoms with Gasteiger partial charge < -0.3 is 15.0 Å². The van der Waals surface area contributed by atoms with Crippen molar-refractivity contribution in [2.24, 2.45) is 0 Å². The zero-order valence-electron chi connectivity index (χ0n) is 15.4. The van der Waals surface area contributed by atoms with Gasteiger partial charge in [0.05, 0.1) is 18.4 Å². The Labute approximate surface area is 158 Å². The van der Waals surface area contributed by atoms with Gasteiger partial charge in [-0.15, -0.1) is 0 Å². The lowest BCUT2D eigenvalue weighted by atomic mass is 10.2. The van der Waals surface area contributed by atoms with E-state index >= 15 is 0 Å². The summed E-state index contributed by atoms with van der Waals surface area (Å²) in [5, 5.41) is 2.85. The molecule has 2 heterocycles. The number of pyridine rings is 2. The Morgan fingerprint density at radius 2 is 1.89 bits per heavy atom. The molecule has 3 rings (SSSR count). The molecule has 0 spiro atoms. The molecule has 0 saturated heterocycles. The summed E-state index contributed by atoms with van der Waals surface area (Å²) in [6.07, 6.45) is 6.07. The number of carbonyl (C=O) groups is 1. The number of anilines is 2. The number of rotatable bonds is 7. The molecular formula is C21H22N4O2. The van der Waals surface area contributed by atoms with Gasteiger partial charge >= 0.3 is 0 Å². The van der Waals surface area contributed by atoms with Crippen LogP contribution in [0, 0.1) is 0 Å². The van der Waals surface area contributed by atoms with E-state index in [1.807, 2.05) is 37.4 Å². The van der Waals surface area contributed by atoms with Gasteiger partial charge in [0.15, 0.2) is 0 Å². The normalized spacial score (nSPS) is 10.3. The van der Waals surface area contributed by atoms with Crippen molar-refractivity contribution in [1.29, 1.82) is 0 Å². The largest absolute Gasteiger partial charge is 0.495 e. The van der Waals surface area contributed by atoms with Gasteiger partial charge in [0.25, 0.3) is 5.91 Å². The van der Waals surface area contributed by atoms with E-state index in [-0.39, 0.29) is 5.91 Å². The molecule has 0 aliphatic carbocycles. The zero-order chi connectivity index (χ0) is 19.1. The molecule has 0 saturated carbocycles. The molecule has 6 heteroatoms. The summed E-state index contributed by atoms with van der Waals surface area (Å²) in [6, 6.07) is 14.9. The lowest BCUT2D eigenvalue weighted by molar-refractivity contribution is 0.102. The second kappa shape index (κ2) is 8.80. The fourth-order valence-electron chi connectivity index (χ4n) is 2.65. The SMILES string of the molecule is COc1ccccc1NC(=O)c1ccc(N(C)CCc2ccncc2)nc1. The Balaban J connectivity index is 1.61. The van der Waals surface area contributed by atoms with E-state index in [0.29, 0.717) is 17.0 Å². The lowest BCUT2D eigenvalue weighted by Crippen LogP contribution is -2.21. The minimum atomic E-state index is -0.224. The number of nitrogens with zero attached hydrogens (tertiary/aromatic N) is 3. The number of carbonyl (C=O) groups excluding carboxylic acids is 1. The highest BCUT2D eigenvalue weighted by Gasteiger charge is 2.11. The number of para-hydroxylation sites is 2. The first kappa shape index (κ1) is 18.4. The molecule has 0 radical (unpaired) electrons. The van der Waals surface area contributed by atoms with Crippen LogP contribution in [-0.2, 0) is 6.42 Å². The van der Waals surface area contributed by atoms with Gasteiger partial charge in [-0.1, -0.05) is 12.1 Å². The Morgan fingerprint density at radius 1 is 1.11 bits per heavy atom. The van der Waals surface area contributed by atoms with Crippen LogP contribution in [0.3, 0.4) is 0 Å². The van der Waals surface area contributed by atoms with E-state index in [1.54, 1.807) is 43.9 Å². The summed E-state index contributed by atoms with van der Waals surface area (Å²) in [7, 11) is 3.56. The van der Waals surface area contributed by atoms with Crippen molar-refractivity contribution in [3.05, 3.63) is 78.2 Å². The van der Waals surface area contributed by atoms with E-state index in [0.717, 1.165) is 18.8 Å². The summed E-state index contributed by atoms with van der Waals surface area (Å²) in [5.41, 5.74) is 2.35. The Hall–Kier alpha value is -3.41. The van der Waals surface area contributed by atoms with Crippen molar-refractivity contribution in [1.82, 2.24) is 9.97 Å². The molecule has 2 aromatic heterocycles. The minimum Gasteiger partial charge on any atom is -0.495 e. The first-order valence-corrected chi connectivity index (χ1v) is 8.68. The van der Waals surface area contributed by atoms with Crippen molar-refractivity contribution in [3.8, 4) is 5.75 Å². The van der Waals surface area contributed by atoms with Gasteiger partial charge in [-0.3, -0.25) is 9.78 Å². The molecule has 27 heavy (non-hydrogen) atoms. The predicted molar refractivity (Wildman–Crippen MR) is 106 cm³/mol. The molecule has 1 N–H and O–H groups in total. The Bertz CT molecular complexity index is 882. The summed E-state index contributed by atoms with van der Waals surface area (Å²) in [5.74, 6) is 1.21. The highest BCUT2D eigenvalue weighted by atomic mass is 16.5. The molecular weight excluding hydrogens is 340 g/mol. The third-order valence-electron chi connectivity index (χ3n) is 4.24. The molecule has 0 atom stereocenters. The van der Waals surface area contributed by atoms with Crippen LogP contribution in [0.1, 0.15) is 15.9 Å². The molecule has 0 aliphatic heterocycles. The van der Waals surface area contributed by atoms with Crippen LogP contribution in [0.2, 0.25) is 0 Å². The summed E-state index contributed by atoms with van der Waals surface area (Å²) in [6.45, 7) is 0.823. The molecule has 0 unspecified atom stereocenters. The van der Waals surface area contributed by atoms with Crippen molar-refractivity contribution < 1.29 is 9.53 Å². The van der Waals surface area contributed by atoms with E-state index in [9.17, 15) is 4.79 Å². The van der Waals surface area contributed by atoms with E-state index in [1.165, 1.54) is 5.56 Å². The van der Waals surface area contributed by atoms with E-state index < -0.39 is 0 Å². The van der Waals surface area contributed by atoms with Crippen LogP contribution in [-0.4, -0.2) is 36.6 Å². The van der Waals surface area contributed by atoms with Gasteiger partial charge in [-0.05, 0) is 48.4 Å². The second-order valence-electron chi connectivity index (χ2n) is 6.09. The number of benzene rings is 1. The number of ether oxygens (including phenoxy) is 1. The molecule has 1 aromatic carbocycles. The maximum absolute atomic E-state index is 12.4. The number of amides is 1. The smallest absolute Gasteiger partial charge is 0.257 e. The molecule has 138 valence electrons. The summed E-state index contributed by atoms with van der Waals surface area (Å²) >= 11 is 0. The quantitative estimate of drug-likeness (QED) is 0.698. The van der Waals surface area contributed by atoms with Crippen LogP contribution in [0.15, 0.2) is 67.1 Å². The number of hydrogen-bond acceptors (Lipinski definition) is 5. The van der Waals surface area contributed by atoms with Crippen molar-refractivity contribution in [2.45, 2.75) is 6.42 Å². The van der Waals surface area contributed by atoms with Gasteiger partial charge in [-0.2, -0.15) is 0 Å². The average molecular weight is 362 g/mol. The molecule has 0 fully saturated rings. The Kier molecular flexibility index (Phi) is 5.99. The standard InChI is InChI=1S/C21H22N4O2/c1-25(14-11-16-9-12-22-13-10-16)20-8-7-17(15-23-20)21(26)24-18-5-3-4-6-19(18)27-2/h3-10,12-13,15H,11,14H2,1-2H3,(H,24,26). The predicted octanol–water partition coefficient (Wildman–Crippen LogP) is 3.42. The first-order chi connectivity index (χ1) is 13.2. The number of nitrogens with one attached hydrogen (secondary N) is 1. The molecule has 0 bridgehead atoms. The van der Waals surface area contributed by atoms with Crippen LogP contribution >= 0.6 is 0 Å². The number of hydrogen-bond donors (Lipinski definition) is 1. The van der Waals surface area contributed by atoms with Crippen LogP contribution < -0.4 is 15.0 Å². The number of likely N-dealkylation sites (N-methyl/N-ethyl adjacent to an activating group) is 1. The van der Waals surface area contributed by atoms with Gasteiger partial charge in [0, 0.05) is 32.2 Å². The molecule has 3 aromatic rings.